The average Bonchev–Trinajstić information content (AvgIpc) is 1.77. The Bertz CT molecular complexity index is 143. The predicted molar refractivity (Wildman–Crippen MR) is 36.6 cm³/mol. The van der Waals surface area contributed by atoms with Crippen LogP contribution in [0.3, 0.4) is 0 Å². The molecule has 1 heteroatoms. The number of halogens is 1. The normalized spacial score (nSPS) is 8.25. The minimum atomic E-state index is 0.961. The quantitative estimate of drug-likeness (QED) is 0.559. The van der Waals surface area contributed by atoms with E-state index in [0.717, 1.165) is 10.0 Å². The summed E-state index contributed by atoms with van der Waals surface area (Å²) in [6.07, 6.45) is 0. The largest absolute Gasteiger partial charge is 0.0677 e. The minimum absolute atomic E-state index is 0.961. The van der Waals surface area contributed by atoms with Gasteiger partial charge in [-0.3, -0.25) is 0 Å². The summed E-state index contributed by atoms with van der Waals surface area (Å²) in [5, 5.41) is 0. The van der Waals surface area contributed by atoms with Crippen molar-refractivity contribution in [3.63, 3.8) is 0 Å². The van der Waals surface area contributed by atoms with E-state index in [1.54, 1.807) is 0 Å². The van der Waals surface area contributed by atoms with Gasteiger partial charge >= 0.3 is 0 Å². The summed E-state index contributed by atoms with van der Waals surface area (Å²) in [5.74, 6) is 0. The Morgan fingerprint density at radius 1 is 1.38 bits per heavy atom. The van der Waals surface area contributed by atoms with Crippen molar-refractivity contribution in [2.75, 3.05) is 0 Å². The number of hydrogen-bond acceptors (Lipinski definition) is 0. The highest BCUT2D eigenvalue weighted by Crippen LogP contribution is 2.03. The fourth-order valence-corrected chi connectivity index (χ4v) is 0.671. The second-order valence-corrected chi connectivity index (χ2v) is 2.47. The molecule has 0 nitrogen and oxygen atoms in total. The predicted octanol–water partition coefficient (Wildman–Crippen LogP) is 2.36. The molecule has 0 N–H and O–H groups in total. The van der Waals surface area contributed by atoms with E-state index in [-0.39, 0.29) is 0 Å². The zero-order valence-electron chi connectivity index (χ0n) is 4.53. The van der Waals surface area contributed by atoms with Crippen LogP contribution in [0.4, 0.5) is 0 Å². The van der Waals surface area contributed by atoms with E-state index in [4.69, 9.17) is 0 Å². The van der Waals surface area contributed by atoms with Gasteiger partial charge in [0.1, 0.15) is 0 Å². The van der Waals surface area contributed by atoms with Gasteiger partial charge < -0.3 is 0 Å². The Labute approximate surface area is 57.7 Å². The number of rotatable bonds is 0. The third-order valence-corrected chi connectivity index (χ3v) is 1.32. The molecule has 0 radical (unpaired) electrons. The summed E-state index contributed by atoms with van der Waals surface area (Å²) in [7, 11) is 0. The fraction of sp³-hybridized carbons (Fsp3) is 0.143. The van der Waals surface area contributed by atoms with Crippen LogP contribution in [0.25, 0.3) is 0 Å². The van der Waals surface area contributed by atoms with Gasteiger partial charge in [-0.15, -0.1) is 0 Å². The maximum atomic E-state index is 3.26. The fourth-order valence-electron chi connectivity index (χ4n) is 0.440. The van der Waals surface area contributed by atoms with Crippen molar-refractivity contribution in [1.29, 1.82) is 0 Å². The van der Waals surface area contributed by atoms with Gasteiger partial charge in [0.15, 0.2) is 0 Å². The van der Waals surface area contributed by atoms with E-state index in [1.165, 1.54) is 0 Å². The van der Waals surface area contributed by atoms with Crippen molar-refractivity contribution in [3.05, 3.63) is 34.3 Å². The molecule has 40 valence electrons. The lowest BCUT2D eigenvalue weighted by atomic mass is 10.3. The van der Waals surface area contributed by atoms with Gasteiger partial charge in [-0.05, 0) is 40.5 Å². The van der Waals surface area contributed by atoms with Gasteiger partial charge in [-0.1, -0.05) is 12.1 Å². The third-order valence-electron chi connectivity index (χ3n) is 0.859. The summed E-state index contributed by atoms with van der Waals surface area (Å²) in [4.78, 5) is 0. The number of aryl methyl sites for hydroxylation is 1. The van der Waals surface area contributed by atoms with Crippen molar-refractivity contribution in [1.82, 2.24) is 0 Å². The number of hydrogen-bond donors (Lipinski definition) is 0. The summed E-state index contributed by atoms with van der Waals surface area (Å²) in [5.41, 5.74) is 1.12. The summed E-state index contributed by atoms with van der Waals surface area (Å²) in [6, 6.07) is 9.76. The van der Waals surface area contributed by atoms with E-state index in [0.29, 0.717) is 0 Å². The second-order valence-electron chi connectivity index (χ2n) is 1.61. The molecule has 1 rings (SSSR count). The molecular formula is C7H5Br. The van der Waals surface area contributed by atoms with E-state index >= 15 is 0 Å². The Hall–Kier alpha value is -0.480. The van der Waals surface area contributed by atoms with Crippen LogP contribution in [0.1, 0.15) is 5.56 Å². The SMILES string of the molecule is Cc1c#cc(Br)cc1. The van der Waals surface area contributed by atoms with Gasteiger partial charge in [-0.25, -0.2) is 0 Å². The van der Waals surface area contributed by atoms with Crippen molar-refractivity contribution in [3.8, 4) is 0 Å². The average molecular weight is 169 g/mol. The highest BCUT2D eigenvalue weighted by atomic mass is 79.9. The lowest BCUT2D eigenvalue weighted by molar-refractivity contribution is 1.48. The maximum absolute atomic E-state index is 3.26. The van der Waals surface area contributed by atoms with E-state index < -0.39 is 0 Å². The van der Waals surface area contributed by atoms with Crippen LogP contribution in [0.15, 0.2) is 16.6 Å². The Morgan fingerprint density at radius 3 is 2.50 bits per heavy atom. The van der Waals surface area contributed by atoms with Crippen LogP contribution >= 0.6 is 15.9 Å². The molecule has 0 atom stereocenters. The minimum Gasteiger partial charge on any atom is -0.0658 e. The van der Waals surface area contributed by atoms with Gasteiger partial charge in [0.25, 0.3) is 0 Å². The van der Waals surface area contributed by atoms with E-state index in [9.17, 15) is 0 Å². The van der Waals surface area contributed by atoms with Crippen LogP contribution in [0, 0.1) is 19.1 Å². The van der Waals surface area contributed by atoms with E-state index in [1.807, 2.05) is 19.1 Å². The molecule has 0 fully saturated rings. The second kappa shape index (κ2) is 2.19. The molecule has 1 aromatic carbocycles. The molecule has 0 aromatic heterocycles. The van der Waals surface area contributed by atoms with Crippen molar-refractivity contribution >= 4 is 15.9 Å². The van der Waals surface area contributed by atoms with Crippen molar-refractivity contribution in [2.24, 2.45) is 0 Å². The lowest BCUT2D eigenvalue weighted by Gasteiger charge is -1.81. The van der Waals surface area contributed by atoms with E-state index in [2.05, 4.69) is 28.1 Å². The summed E-state index contributed by atoms with van der Waals surface area (Å²) in [6.45, 7) is 1.99. The first-order valence-corrected chi connectivity index (χ1v) is 3.14. The third kappa shape index (κ3) is 1.24. The van der Waals surface area contributed by atoms with Crippen LogP contribution in [-0.4, -0.2) is 0 Å². The highest BCUT2D eigenvalue weighted by molar-refractivity contribution is 9.10. The lowest BCUT2D eigenvalue weighted by Crippen LogP contribution is -1.62. The van der Waals surface area contributed by atoms with Crippen molar-refractivity contribution in [2.45, 2.75) is 6.92 Å². The zero-order valence-corrected chi connectivity index (χ0v) is 6.12. The Balaban J connectivity index is 3.03. The van der Waals surface area contributed by atoms with Crippen LogP contribution in [-0.2, 0) is 0 Å². The summed E-state index contributed by atoms with van der Waals surface area (Å²) < 4.78 is 0.961. The first-order chi connectivity index (χ1) is 3.79. The molecular weight excluding hydrogens is 164 g/mol. The maximum Gasteiger partial charge on any atom is 0.0677 e. The molecule has 0 unspecified atom stereocenters. The van der Waals surface area contributed by atoms with Crippen LogP contribution < -0.4 is 0 Å². The first-order valence-electron chi connectivity index (χ1n) is 2.35. The zero-order chi connectivity index (χ0) is 5.98. The first kappa shape index (κ1) is 5.65. The molecule has 0 saturated heterocycles. The molecule has 0 aliphatic heterocycles. The van der Waals surface area contributed by atoms with Gasteiger partial charge in [-0.2, -0.15) is 0 Å². The molecule has 1 aromatic rings. The molecule has 0 saturated carbocycles. The smallest absolute Gasteiger partial charge is 0.0658 e. The van der Waals surface area contributed by atoms with Gasteiger partial charge in [0, 0.05) is 0 Å². The van der Waals surface area contributed by atoms with Crippen molar-refractivity contribution < 1.29 is 0 Å². The molecule has 0 aliphatic carbocycles. The standard InChI is InChI=1S/C7H5Br/c1-6-2-4-7(8)5-3-6/h2,4H,1H3. The van der Waals surface area contributed by atoms with Gasteiger partial charge in [0.05, 0.1) is 4.47 Å². The van der Waals surface area contributed by atoms with Crippen LogP contribution in [0.5, 0.6) is 0 Å². The molecule has 0 spiro atoms. The molecule has 0 bridgehead atoms. The molecule has 8 heavy (non-hydrogen) atoms. The topological polar surface area (TPSA) is 0 Å². The van der Waals surface area contributed by atoms with Crippen LogP contribution in [0.2, 0.25) is 0 Å². The Morgan fingerprint density at radius 2 is 2.12 bits per heavy atom. The molecule has 0 amide bonds. The highest BCUT2D eigenvalue weighted by Gasteiger charge is 1.78. The van der Waals surface area contributed by atoms with Gasteiger partial charge in [0.2, 0.25) is 0 Å². The summed E-state index contributed by atoms with van der Waals surface area (Å²) >= 11 is 3.26. The monoisotopic (exact) mass is 168 g/mol. The molecule has 0 heterocycles. The Kier molecular flexibility index (Phi) is 1.55. The molecule has 0 aliphatic rings.